The summed E-state index contributed by atoms with van der Waals surface area (Å²) in [6.45, 7) is 13.0. The average Bonchev–Trinajstić information content (AvgIpc) is 3.28. The lowest BCUT2D eigenvalue weighted by Crippen LogP contribution is -2.57. The zero-order valence-corrected chi connectivity index (χ0v) is 19.7. The Balaban J connectivity index is 1.18. The van der Waals surface area contributed by atoms with Crippen LogP contribution in [0.4, 0.5) is 0 Å². The predicted molar refractivity (Wildman–Crippen MR) is 128 cm³/mol. The number of carbonyl (C=O) groups is 1. The third-order valence-corrected chi connectivity index (χ3v) is 7.80. The highest BCUT2D eigenvalue weighted by atomic mass is 16.5. The van der Waals surface area contributed by atoms with Gasteiger partial charge in [-0.1, -0.05) is 19.9 Å². The molecule has 0 bridgehead atoms. The number of aromatic nitrogens is 1. The molecule has 3 fully saturated rings. The van der Waals surface area contributed by atoms with E-state index < -0.39 is 0 Å². The highest BCUT2D eigenvalue weighted by Gasteiger charge is 2.43. The molecule has 3 aliphatic heterocycles. The molecule has 0 saturated carbocycles. The molecule has 174 valence electrons. The van der Waals surface area contributed by atoms with E-state index in [0.29, 0.717) is 6.04 Å². The molecule has 1 aromatic heterocycles. The Hall–Kier alpha value is -1.89. The second-order valence-corrected chi connectivity index (χ2v) is 10.4. The lowest BCUT2D eigenvalue weighted by molar-refractivity contribution is -0.132. The van der Waals surface area contributed by atoms with Gasteiger partial charge in [0, 0.05) is 81.1 Å². The van der Waals surface area contributed by atoms with Gasteiger partial charge in [0.25, 0.3) is 5.91 Å². The highest BCUT2D eigenvalue weighted by Crippen LogP contribution is 2.37. The maximum absolute atomic E-state index is 13.3. The van der Waals surface area contributed by atoms with Gasteiger partial charge in [-0.2, -0.15) is 0 Å². The van der Waals surface area contributed by atoms with E-state index >= 15 is 0 Å². The number of nitrogens with zero attached hydrogens (tertiary/aromatic N) is 3. The molecular formula is C26H38N4O2. The zero-order chi connectivity index (χ0) is 22.1. The van der Waals surface area contributed by atoms with Crippen molar-refractivity contribution in [2.45, 2.75) is 51.2 Å². The number of rotatable bonds is 4. The summed E-state index contributed by atoms with van der Waals surface area (Å²) in [6.07, 6.45) is 6.07. The molecule has 3 saturated heterocycles. The Kier molecular flexibility index (Phi) is 6.28. The predicted octanol–water partition coefficient (Wildman–Crippen LogP) is 3.60. The van der Waals surface area contributed by atoms with Gasteiger partial charge in [-0.3, -0.25) is 9.69 Å². The summed E-state index contributed by atoms with van der Waals surface area (Å²) in [6, 6.07) is 8.57. The van der Waals surface area contributed by atoms with E-state index in [0.717, 1.165) is 67.8 Å². The molecule has 1 unspecified atom stereocenters. The second-order valence-electron chi connectivity index (χ2n) is 10.4. The quantitative estimate of drug-likeness (QED) is 0.793. The van der Waals surface area contributed by atoms with Gasteiger partial charge in [0.15, 0.2) is 0 Å². The minimum Gasteiger partial charge on any atom is -0.375 e. The van der Waals surface area contributed by atoms with Crippen LogP contribution in [0.25, 0.3) is 10.9 Å². The van der Waals surface area contributed by atoms with Crippen LogP contribution >= 0.6 is 0 Å². The molecule has 1 atom stereocenters. The van der Waals surface area contributed by atoms with E-state index in [-0.39, 0.29) is 11.5 Å². The number of nitrogens with one attached hydrogen (secondary N) is 1. The molecular weight excluding hydrogens is 400 g/mol. The van der Waals surface area contributed by atoms with Crippen molar-refractivity contribution in [2.24, 2.45) is 5.92 Å². The molecule has 6 nitrogen and oxygen atoms in total. The van der Waals surface area contributed by atoms with E-state index in [2.05, 4.69) is 28.6 Å². The lowest BCUT2D eigenvalue weighted by atomic mass is 9.81. The second kappa shape index (κ2) is 9.16. The first-order chi connectivity index (χ1) is 15.5. The van der Waals surface area contributed by atoms with Crippen molar-refractivity contribution in [2.75, 3.05) is 52.4 Å². The van der Waals surface area contributed by atoms with Gasteiger partial charge in [-0.25, -0.2) is 0 Å². The Bertz CT molecular complexity index is 923. The Morgan fingerprint density at radius 1 is 1.12 bits per heavy atom. The van der Waals surface area contributed by atoms with Crippen LogP contribution in [0, 0.1) is 5.92 Å². The van der Waals surface area contributed by atoms with Crippen LogP contribution in [0.1, 0.15) is 49.9 Å². The first-order valence-electron chi connectivity index (χ1n) is 12.5. The molecule has 0 aliphatic carbocycles. The van der Waals surface area contributed by atoms with Gasteiger partial charge >= 0.3 is 0 Å². The number of piperidine rings is 1. The standard InChI is InChI=1S/C26H38N4O2/c1-20(2)19-28-13-15-29(16-14-28)21-7-17-32-26(18-21)8-11-30(12-9-26)25(31)23-4-3-5-24-22(23)6-10-27-24/h3-6,10,20-21,27H,7-9,11-19H2,1-2H3. The highest BCUT2D eigenvalue weighted by molar-refractivity contribution is 6.06. The van der Waals surface area contributed by atoms with Crippen molar-refractivity contribution < 1.29 is 9.53 Å². The summed E-state index contributed by atoms with van der Waals surface area (Å²) in [5.74, 6) is 0.892. The fourth-order valence-corrected chi connectivity index (χ4v) is 6.05. The molecule has 32 heavy (non-hydrogen) atoms. The van der Waals surface area contributed by atoms with Crippen molar-refractivity contribution in [1.82, 2.24) is 19.7 Å². The molecule has 3 aliphatic rings. The number of amides is 1. The Labute approximate surface area is 191 Å². The van der Waals surface area contributed by atoms with Crippen LogP contribution in [-0.4, -0.2) is 89.7 Å². The molecule has 1 spiro atoms. The average molecular weight is 439 g/mol. The zero-order valence-electron chi connectivity index (χ0n) is 19.7. The molecule has 1 N–H and O–H groups in total. The number of aromatic amines is 1. The Morgan fingerprint density at radius 2 is 1.91 bits per heavy atom. The first kappa shape index (κ1) is 21.9. The van der Waals surface area contributed by atoms with Crippen molar-refractivity contribution >= 4 is 16.8 Å². The maximum Gasteiger partial charge on any atom is 0.254 e. The smallest absolute Gasteiger partial charge is 0.254 e. The SMILES string of the molecule is CC(C)CN1CCN(C2CCOC3(CCN(C(=O)c4cccc5[nH]ccc45)CC3)C2)CC1. The van der Waals surface area contributed by atoms with Gasteiger partial charge in [-0.05, 0) is 49.8 Å². The van der Waals surface area contributed by atoms with Crippen LogP contribution in [-0.2, 0) is 4.74 Å². The van der Waals surface area contributed by atoms with E-state index in [1.165, 1.54) is 32.7 Å². The van der Waals surface area contributed by atoms with Gasteiger partial charge < -0.3 is 19.5 Å². The number of piperazine rings is 1. The fraction of sp³-hybridized carbons (Fsp3) is 0.654. The third kappa shape index (κ3) is 4.45. The minimum atomic E-state index is -0.0468. The van der Waals surface area contributed by atoms with Crippen molar-refractivity contribution in [1.29, 1.82) is 0 Å². The van der Waals surface area contributed by atoms with Crippen LogP contribution in [0.5, 0.6) is 0 Å². The summed E-state index contributed by atoms with van der Waals surface area (Å²) in [4.78, 5) is 23.8. The minimum absolute atomic E-state index is 0.0468. The van der Waals surface area contributed by atoms with Crippen LogP contribution in [0.15, 0.2) is 30.5 Å². The summed E-state index contributed by atoms with van der Waals surface area (Å²) in [5.41, 5.74) is 1.78. The number of hydrogen-bond donors (Lipinski definition) is 1. The van der Waals surface area contributed by atoms with Crippen molar-refractivity contribution in [3.8, 4) is 0 Å². The van der Waals surface area contributed by atoms with Crippen LogP contribution < -0.4 is 0 Å². The van der Waals surface area contributed by atoms with E-state index in [9.17, 15) is 4.79 Å². The molecule has 0 radical (unpaired) electrons. The van der Waals surface area contributed by atoms with Crippen molar-refractivity contribution in [3.63, 3.8) is 0 Å². The number of fused-ring (bicyclic) bond motifs is 1. The van der Waals surface area contributed by atoms with Gasteiger partial charge in [0.2, 0.25) is 0 Å². The number of ether oxygens (including phenoxy) is 1. The number of carbonyl (C=O) groups excluding carboxylic acids is 1. The summed E-state index contributed by atoms with van der Waals surface area (Å²) >= 11 is 0. The van der Waals surface area contributed by atoms with E-state index in [4.69, 9.17) is 4.74 Å². The molecule has 6 heteroatoms. The molecule has 1 aromatic carbocycles. The number of likely N-dealkylation sites (tertiary alicyclic amines) is 1. The summed E-state index contributed by atoms with van der Waals surface area (Å²) < 4.78 is 6.41. The van der Waals surface area contributed by atoms with Gasteiger partial charge in [0.1, 0.15) is 0 Å². The van der Waals surface area contributed by atoms with E-state index in [1.54, 1.807) is 0 Å². The van der Waals surface area contributed by atoms with Crippen LogP contribution in [0.2, 0.25) is 0 Å². The summed E-state index contributed by atoms with van der Waals surface area (Å²) in [5, 5.41) is 1.02. The molecule has 5 rings (SSSR count). The molecule has 2 aromatic rings. The monoisotopic (exact) mass is 438 g/mol. The largest absolute Gasteiger partial charge is 0.375 e. The topological polar surface area (TPSA) is 51.8 Å². The third-order valence-electron chi connectivity index (χ3n) is 7.80. The number of H-pyrrole nitrogens is 1. The number of benzene rings is 1. The molecule has 4 heterocycles. The van der Waals surface area contributed by atoms with Crippen LogP contribution in [0.3, 0.4) is 0 Å². The summed E-state index contributed by atoms with van der Waals surface area (Å²) in [7, 11) is 0. The van der Waals surface area contributed by atoms with Gasteiger partial charge in [0.05, 0.1) is 5.60 Å². The van der Waals surface area contributed by atoms with E-state index in [1.807, 2.05) is 35.4 Å². The van der Waals surface area contributed by atoms with Gasteiger partial charge in [-0.15, -0.1) is 0 Å². The maximum atomic E-state index is 13.3. The molecule has 1 amide bonds. The lowest BCUT2D eigenvalue weighted by Gasteiger charge is -2.49. The van der Waals surface area contributed by atoms with Crippen molar-refractivity contribution in [3.05, 3.63) is 36.0 Å². The first-order valence-corrected chi connectivity index (χ1v) is 12.5. The fourth-order valence-electron chi connectivity index (χ4n) is 6.05. The Morgan fingerprint density at radius 3 is 2.66 bits per heavy atom. The normalized spacial score (nSPS) is 25.1. The number of hydrogen-bond acceptors (Lipinski definition) is 4.